The molecule has 1 fully saturated rings. The summed E-state index contributed by atoms with van der Waals surface area (Å²) in [7, 11) is 0. The second-order valence-electron chi connectivity index (χ2n) is 5.25. The van der Waals surface area contributed by atoms with E-state index in [9.17, 15) is 0 Å². The van der Waals surface area contributed by atoms with Gasteiger partial charge in [-0.05, 0) is 30.9 Å². The van der Waals surface area contributed by atoms with Gasteiger partial charge in [-0.1, -0.05) is 44.4 Å². The van der Waals surface area contributed by atoms with Crippen LogP contribution in [0.15, 0.2) is 30.3 Å². The molecule has 0 aromatic heterocycles. The molecule has 1 aliphatic rings. The monoisotopic (exact) mass is 247 g/mol. The Hall–Kier alpha value is -1.02. The van der Waals surface area contributed by atoms with E-state index in [1.54, 1.807) is 0 Å². The highest BCUT2D eigenvalue weighted by Gasteiger charge is 2.19. The molecular formula is C16H25NO. The summed E-state index contributed by atoms with van der Waals surface area (Å²) in [6.45, 7) is 4.03. The maximum absolute atomic E-state index is 5.69. The molecule has 1 N–H and O–H groups in total. The lowest BCUT2D eigenvalue weighted by atomic mass is 9.84. The molecule has 0 bridgehead atoms. The van der Waals surface area contributed by atoms with E-state index in [1.165, 1.54) is 32.1 Å². The number of para-hydroxylation sites is 1. The quantitative estimate of drug-likeness (QED) is 0.775. The van der Waals surface area contributed by atoms with Gasteiger partial charge in [0.25, 0.3) is 0 Å². The lowest BCUT2D eigenvalue weighted by Gasteiger charge is -2.29. The summed E-state index contributed by atoms with van der Waals surface area (Å²) in [6, 6.07) is 10.8. The molecule has 2 atom stereocenters. The molecule has 1 saturated carbocycles. The standard InChI is InChI=1S/C16H25NO/c1-2-14-7-6-8-15(13-14)17-11-12-18-16-9-4-3-5-10-16/h3-5,9-10,14-15,17H,2,6-8,11-13H2,1H3. The second kappa shape index (κ2) is 7.42. The Kier molecular flexibility index (Phi) is 5.53. The minimum Gasteiger partial charge on any atom is -0.492 e. The van der Waals surface area contributed by atoms with Gasteiger partial charge in [-0.3, -0.25) is 0 Å². The number of rotatable bonds is 6. The third-order valence-corrected chi connectivity index (χ3v) is 3.91. The third kappa shape index (κ3) is 4.34. The summed E-state index contributed by atoms with van der Waals surface area (Å²) in [4.78, 5) is 0. The fourth-order valence-electron chi connectivity index (χ4n) is 2.80. The van der Waals surface area contributed by atoms with Crippen molar-refractivity contribution in [2.75, 3.05) is 13.2 Å². The zero-order valence-corrected chi connectivity index (χ0v) is 11.4. The van der Waals surface area contributed by atoms with Gasteiger partial charge in [-0.2, -0.15) is 0 Å². The minimum atomic E-state index is 0.711. The molecule has 2 heteroatoms. The molecule has 0 amide bonds. The number of ether oxygens (including phenoxy) is 1. The van der Waals surface area contributed by atoms with Crippen LogP contribution in [0.3, 0.4) is 0 Å². The van der Waals surface area contributed by atoms with E-state index in [-0.39, 0.29) is 0 Å². The van der Waals surface area contributed by atoms with Gasteiger partial charge >= 0.3 is 0 Å². The van der Waals surface area contributed by atoms with Crippen LogP contribution in [0.1, 0.15) is 39.0 Å². The van der Waals surface area contributed by atoms with Crippen molar-refractivity contribution in [3.63, 3.8) is 0 Å². The van der Waals surface area contributed by atoms with Gasteiger partial charge in [-0.15, -0.1) is 0 Å². The Morgan fingerprint density at radius 2 is 2.06 bits per heavy atom. The van der Waals surface area contributed by atoms with E-state index in [0.717, 1.165) is 24.8 Å². The van der Waals surface area contributed by atoms with Crippen LogP contribution in [0.4, 0.5) is 0 Å². The Morgan fingerprint density at radius 3 is 2.83 bits per heavy atom. The van der Waals surface area contributed by atoms with Crippen LogP contribution in [-0.4, -0.2) is 19.2 Å². The molecule has 2 nitrogen and oxygen atoms in total. The van der Waals surface area contributed by atoms with Crippen molar-refractivity contribution in [2.45, 2.75) is 45.1 Å². The summed E-state index contributed by atoms with van der Waals surface area (Å²) >= 11 is 0. The van der Waals surface area contributed by atoms with Crippen LogP contribution >= 0.6 is 0 Å². The predicted molar refractivity (Wildman–Crippen MR) is 76.0 cm³/mol. The summed E-state index contributed by atoms with van der Waals surface area (Å²) in [6.07, 6.45) is 6.83. The van der Waals surface area contributed by atoms with Gasteiger partial charge in [0.05, 0.1) is 0 Å². The number of benzene rings is 1. The van der Waals surface area contributed by atoms with Crippen molar-refractivity contribution < 1.29 is 4.74 Å². The van der Waals surface area contributed by atoms with Crippen molar-refractivity contribution in [2.24, 2.45) is 5.92 Å². The smallest absolute Gasteiger partial charge is 0.119 e. The van der Waals surface area contributed by atoms with Gasteiger partial charge in [0, 0.05) is 12.6 Å². The largest absolute Gasteiger partial charge is 0.492 e. The Bertz CT molecular complexity index is 325. The lowest BCUT2D eigenvalue weighted by Crippen LogP contribution is -2.36. The number of hydrogen-bond acceptors (Lipinski definition) is 2. The SMILES string of the molecule is CCC1CCCC(NCCOc2ccccc2)C1. The van der Waals surface area contributed by atoms with Gasteiger partial charge in [0.1, 0.15) is 12.4 Å². The second-order valence-corrected chi connectivity index (χ2v) is 5.25. The highest BCUT2D eigenvalue weighted by molar-refractivity contribution is 5.20. The molecule has 0 radical (unpaired) electrons. The molecule has 0 aliphatic heterocycles. The first-order valence-corrected chi connectivity index (χ1v) is 7.29. The first-order valence-electron chi connectivity index (χ1n) is 7.29. The predicted octanol–water partition coefficient (Wildman–Crippen LogP) is 3.62. The van der Waals surface area contributed by atoms with E-state index < -0.39 is 0 Å². The Morgan fingerprint density at radius 1 is 1.22 bits per heavy atom. The molecule has 100 valence electrons. The molecule has 0 saturated heterocycles. The average Bonchev–Trinajstić information content (AvgIpc) is 2.45. The maximum atomic E-state index is 5.69. The summed E-state index contributed by atoms with van der Waals surface area (Å²) in [5.41, 5.74) is 0. The topological polar surface area (TPSA) is 21.3 Å². The highest BCUT2D eigenvalue weighted by atomic mass is 16.5. The minimum absolute atomic E-state index is 0.711. The zero-order chi connectivity index (χ0) is 12.6. The molecule has 0 heterocycles. The van der Waals surface area contributed by atoms with E-state index in [4.69, 9.17) is 4.74 Å². The molecule has 1 aliphatic carbocycles. The molecule has 1 aromatic rings. The van der Waals surface area contributed by atoms with Crippen molar-refractivity contribution in [1.82, 2.24) is 5.32 Å². The lowest BCUT2D eigenvalue weighted by molar-refractivity contribution is 0.255. The number of nitrogens with one attached hydrogen (secondary N) is 1. The summed E-state index contributed by atoms with van der Waals surface area (Å²) in [5, 5.41) is 3.63. The van der Waals surface area contributed by atoms with E-state index in [2.05, 4.69) is 12.2 Å². The van der Waals surface area contributed by atoms with Crippen molar-refractivity contribution in [1.29, 1.82) is 0 Å². The number of hydrogen-bond donors (Lipinski definition) is 1. The zero-order valence-electron chi connectivity index (χ0n) is 11.4. The first-order chi connectivity index (χ1) is 8.88. The van der Waals surface area contributed by atoms with Crippen molar-refractivity contribution in [3.05, 3.63) is 30.3 Å². The van der Waals surface area contributed by atoms with E-state index in [1.807, 2.05) is 30.3 Å². The Labute approximate surface area is 111 Å². The van der Waals surface area contributed by atoms with E-state index >= 15 is 0 Å². The van der Waals surface area contributed by atoms with Crippen LogP contribution in [0.25, 0.3) is 0 Å². The van der Waals surface area contributed by atoms with Gasteiger partial charge < -0.3 is 10.1 Å². The fourth-order valence-corrected chi connectivity index (χ4v) is 2.80. The van der Waals surface area contributed by atoms with Crippen LogP contribution in [0.5, 0.6) is 5.75 Å². The summed E-state index contributed by atoms with van der Waals surface area (Å²) < 4.78 is 5.69. The van der Waals surface area contributed by atoms with Crippen LogP contribution < -0.4 is 10.1 Å². The maximum Gasteiger partial charge on any atom is 0.119 e. The van der Waals surface area contributed by atoms with Gasteiger partial charge in [0.15, 0.2) is 0 Å². The molecule has 1 aromatic carbocycles. The Balaban J connectivity index is 1.60. The molecule has 2 unspecified atom stereocenters. The van der Waals surface area contributed by atoms with Crippen molar-refractivity contribution in [3.8, 4) is 5.75 Å². The van der Waals surface area contributed by atoms with Gasteiger partial charge in [-0.25, -0.2) is 0 Å². The van der Waals surface area contributed by atoms with Crippen LogP contribution in [-0.2, 0) is 0 Å². The third-order valence-electron chi connectivity index (χ3n) is 3.91. The molecular weight excluding hydrogens is 222 g/mol. The van der Waals surface area contributed by atoms with Crippen LogP contribution in [0.2, 0.25) is 0 Å². The summed E-state index contributed by atoms with van der Waals surface area (Å²) in [5.74, 6) is 1.90. The first kappa shape index (κ1) is 13.4. The van der Waals surface area contributed by atoms with Gasteiger partial charge in [0.2, 0.25) is 0 Å². The molecule has 0 spiro atoms. The van der Waals surface area contributed by atoms with E-state index in [0.29, 0.717) is 6.04 Å². The van der Waals surface area contributed by atoms with Crippen LogP contribution in [0, 0.1) is 5.92 Å². The molecule has 2 rings (SSSR count). The highest BCUT2D eigenvalue weighted by Crippen LogP contribution is 2.26. The average molecular weight is 247 g/mol. The van der Waals surface area contributed by atoms with Crippen molar-refractivity contribution >= 4 is 0 Å². The fraction of sp³-hybridized carbons (Fsp3) is 0.625. The molecule has 18 heavy (non-hydrogen) atoms. The normalized spacial score (nSPS) is 23.8.